The van der Waals surface area contributed by atoms with E-state index in [0.29, 0.717) is 39.0 Å². The normalized spacial score (nSPS) is 12.6. The number of carbonyl (C=O) groups is 2. The molecule has 2 unspecified atom stereocenters. The van der Waals surface area contributed by atoms with Gasteiger partial charge in [0.1, 0.15) is 0 Å². The second-order valence-electron chi connectivity index (χ2n) is 23.2. The third kappa shape index (κ3) is 56.9. The van der Waals surface area contributed by atoms with E-state index in [-0.39, 0.29) is 17.9 Å². The van der Waals surface area contributed by atoms with Crippen LogP contribution in [0.5, 0.6) is 0 Å². The summed E-state index contributed by atoms with van der Waals surface area (Å²) in [7, 11) is 0. The van der Waals surface area contributed by atoms with Crippen LogP contribution < -0.4 is 16.0 Å². The molecule has 0 aliphatic rings. The molecule has 0 aliphatic carbocycles. The summed E-state index contributed by atoms with van der Waals surface area (Å²) in [5, 5.41) is 32.1. The van der Waals surface area contributed by atoms with Gasteiger partial charge >= 0.3 is 0 Å². The molecule has 2 atom stereocenters. The molecule has 0 aromatic rings. The molecule has 9 nitrogen and oxygen atoms in total. The largest absolute Gasteiger partial charge is 0.392 e. The molecule has 0 saturated heterocycles. The van der Waals surface area contributed by atoms with Crippen LogP contribution in [0.1, 0.15) is 329 Å². The van der Waals surface area contributed by atoms with Crippen molar-refractivity contribution in [2.45, 2.75) is 342 Å². The van der Waals surface area contributed by atoms with Crippen molar-refractivity contribution in [3.63, 3.8) is 0 Å². The maximum absolute atomic E-state index is 12.5. The minimum absolute atomic E-state index is 0.104. The lowest BCUT2D eigenvalue weighted by atomic mass is 10.0. The van der Waals surface area contributed by atoms with Gasteiger partial charge in [-0.3, -0.25) is 9.59 Å². The lowest BCUT2D eigenvalue weighted by Crippen LogP contribution is -2.40. The van der Waals surface area contributed by atoms with Gasteiger partial charge in [0, 0.05) is 52.1 Å². The van der Waals surface area contributed by atoms with Crippen LogP contribution in [0.15, 0.2) is 0 Å². The van der Waals surface area contributed by atoms with Gasteiger partial charge < -0.3 is 36.0 Å². The molecule has 0 saturated carbocycles. The average Bonchev–Trinajstić information content (AvgIpc) is 3.39. The molecule has 0 fully saturated rings. The summed E-state index contributed by atoms with van der Waals surface area (Å²) in [6.45, 7) is 17.2. The summed E-state index contributed by atoms with van der Waals surface area (Å²) in [6.07, 6.45) is 57.5. The van der Waals surface area contributed by atoms with E-state index in [1.165, 1.54) is 244 Å². The Bertz CT molecular complexity index is 1030. The Morgan fingerprint density at radius 3 is 0.959 bits per heavy atom. The van der Waals surface area contributed by atoms with E-state index < -0.39 is 6.10 Å². The van der Waals surface area contributed by atoms with E-state index in [2.05, 4.69) is 53.4 Å². The Morgan fingerprint density at radius 2 is 0.608 bits per heavy atom. The van der Waals surface area contributed by atoms with Crippen molar-refractivity contribution in [2.75, 3.05) is 65.4 Å². The summed E-state index contributed by atoms with van der Waals surface area (Å²) >= 11 is 0. The molecular formula is C65H133N5O4. The molecular weight excluding hydrogens is 915 g/mol. The van der Waals surface area contributed by atoms with Crippen molar-refractivity contribution >= 4 is 11.8 Å². The minimum atomic E-state index is -0.467. The van der Waals surface area contributed by atoms with Crippen LogP contribution in [0.2, 0.25) is 0 Å². The number of carbonyl (C=O) groups excluding carboxylic acids is 2. The third-order valence-electron chi connectivity index (χ3n) is 15.6. The number of hydrogen-bond donors (Lipinski definition) is 5. The van der Waals surface area contributed by atoms with Crippen molar-refractivity contribution in [3.8, 4) is 0 Å². The Kier molecular flexibility index (Phi) is 59.9. The van der Waals surface area contributed by atoms with Crippen LogP contribution in [0.3, 0.4) is 0 Å². The molecule has 9 heteroatoms. The topological polar surface area (TPSA) is 117 Å². The highest BCUT2D eigenvalue weighted by molar-refractivity contribution is 5.76. The molecule has 0 aromatic carbocycles. The quantitative estimate of drug-likeness (QED) is 0.0385. The predicted octanol–water partition coefficient (Wildman–Crippen LogP) is 16.5. The van der Waals surface area contributed by atoms with Crippen LogP contribution in [-0.2, 0) is 9.59 Å². The van der Waals surface area contributed by atoms with E-state index in [4.69, 9.17) is 0 Å². The Hall–Kier alpha value is -1.26. The maximum atomic E-state index is 12.5. The fourth-order valence-electron chi connectivity index (χ4n) is 10.7. The molecule has 0 spiro atoms. The van der Waals surface area contributed by atoms with Crippen molar-refractivity contribution in [2.24, 2.45) is 0 Å². The number of unbranched alkanes of at least 4 members (excludes halogenated alkanes) is 38. The molecule has 0 aromatic heterocycles. The Morgan fingerprint density at radius 1 is 0.324 bits per heavy atom. The molecule has 74 heavy (non-hydrogen) atoms. The van der Waals surface area contributed by atoms with Crippen LogP contribution in [-0.4, -0.2) is 109 Å². The minimum Gasteiger partial charge on any atom is -0.392 e. The number of nitrogens with one attached hydrogen (secondary N) is 3. The lowest BCUT2D eigenvalue weighted by molar-refractivity contribution is -0.121. The Balaban J connectivity index is 5.02. The van der Waals surface area contributed by atoms with Crippen molar-refractivity contribution < 1.29 is 19.8 Å². The first-order chi connectivity index (χ1) is 36.4. The van der Waals surface area contributed by atoms with Gasteiger partial charge in [-0.15, -0.1) is 0 Å². The highest BCUT2D eigenvalue weighted by Crippen LogP contribution is 2.16. The zero-order valence-corrected chi connectivity index (χ0v) is 50.6. The van der Waals surface area contributed by atoms with E-state index in [9.17, 15) is 19.8 Å². The molecule has 0 heterocycles. The third-order valence-corrected chi connectivity index (χ3v) is 15.6. The van der Waals surface area contributed by atoms with Gasteiger partial charge in [-0.05, 0) is 77.5 Å². The molecule has 0 radical (unpaired) electrons. The van der Waals surface area contributed by atoms with Gasteiger partial charge in [-0.2, -0.15) is 0 Å². The smallest absolute Gasteiger partial charge is 0.221 e. The number of rotatable bonds is 63. The van der Waals surface area contributed by atoms with Crippen LogP contribution in [0.25, 0.3) is 0 Å². The monoisotopic (exact) mass is 1050 g/mol. The zero-order valence-electron chi connectivity index (χ0n) is 50.6. The Labute approximate surface area is 462 Å². The SMILES string of the molecule is CCCCCCCCCCCCCCN(CCCCN(CCCCCCCCCCCCCC)CC(O)CNCCC(=O)NCCCCCCCCCC)CC(O)CCCCC(=O)NCCCCCCCCCC. The average molecular weight is 1050 g/mol. The molecule has 0 aliphatic heterocycles. The molecule has 2 amide bonds. The van der Waals surface area contributed by atoms with Gasteiger partial charge in [-0.1, -0.05) is 265 Å². The first-order valence-electron chi connectivity index (χ1n) is 33.4. The first-order valence-corrected chi connectivity index (χ1v) is 33.4. The van der Waals surface area contributed by atoms with Crippen LogP contribution in [0.4, 0.5) is 0 Å². The van der Waals surface area contributed by atoms with Gasteiger partial charge in [0.25, 0.3) is 0 Å². The second-order valence-corrected chi connectivity index (χ2v) is 23.2. The zero-order chi connectivity index (χ0) is 53.9. The second kappa shape index (κ2) is 61.0. The van der Waals surface area contributed by atoms with Crippen molar-refractivity contribution in [3.05, 3.63) is 0 Å². The fraction of sp³-hybridized carbons (Fsp3) is 0.969. The molecule has 0 bridgehead atoms. The fourth-order valence-corrected chi connectivity index (χ4v) is 10.7. The molecule has 442 valence electrons. The number of nitrogens with zero attached hydrogens (tertiary/aromatic N) is 2. The van der Waals surface area contributed by atoms with Gasteiger partial charge in [0.05, 0.1) is 12.2 Å². The molecule has 0 rings (SSSR count). The van der Waals surface area contributed by atoms with E-state index in [1.807, 2.05) is 0 Å². The van der Waals surface area contributed by atoms with E-state index in [0.717, 1.165) is 84.2 Å². The summed E-state index contributed by atoms with van der Waals surface area (Å²) in [4.78, 5) is 30.0. The standard InChI is InChI=1S/C65H133N5O4/c1-5-9-13-17-21-25-27-29-31-35-39-45-55-69(60-62(71)49-41-42-50-64(73)67-52-43-37-33-23-19-15-11-7-3)57-47-48-58-70(56-46-40-36-32-30-28-26-22-18-14-10-6-2)61-63(72)59-66-54-51-65(74)68-53-44-38-34-24-20-16-12-8-4/h62-63,66,71-72H,5-61H2,1-4H3,(H,67,73)(H,68,74). The number of hydrogen-bond acceptors (Lipinski definition) is 7. The highest BCUT2D eigenvalue weighted by atomic mass is 16.3. The van der Waals surface area contributed by atoms with Gasteiger partial charge in [-0.25, -0.2) is 0 Å². The first kappa shape index (κ1) is 72.7. The van der Waals surface area contributed by atoms with Crippen LogP contribution in [0, 0.1) is 0 Å². The highest BCUT2D eigenvalue weighted by Gasteiger charge is 2.15. The summed E-state index contributed by atoms with van der Waals surface area (Å²) < 4.78 is 0. The number of aliphatic hydroxyl groups excluding tert-OH is 2. The van der Waals surface area contributed by atoms with Gasteiger partial charge in [0.2, 0.25) is 11.8 Å². The number of aliphatic hydroxyl groups is 2. The maximum Gasteiger partial charge on any atom is 0.221 e. The summed E-state index contributed by atoms with van der Waals surface area (Å²) in [5.74, 6) is 0.268. The van der Waals surface area contributed by atoms with Crippen LogP contribution >= 0.6 is 0 Å². The van der Waals surface area contributed by atoms with Crippen molar-refractivity contribution in [1.29, 1.82) is 0 Å². The van der Waals surface area contributed by atoms with E-state index >= 15 is 0 Å². The molecule has 5 N–H and O–H groups in total. The van der Waals surface area contributed by atoms with Crippen molar-refractivity contribution in [1.82, 2.24) is 25.8 Å². The predicted molar refractivity (Wildman–Crippen MR) is 323 cm³/mol. The summed E-state index contributed by atoms with van der Waals surface area (Å²) in [5.41, 5.74) is 0. The summed E-state index contributed by atoms with van der Waals surface area (Å²) in [6, 6.07) is 0. The number of amides is 2. The van der Waals surface area contributed by atoms with E-state index in [1.54, 1.807) is 0 Å². The van der Waals surface area contributed by atoms with Gasteiger partial charge in [0.15, 0.2) is 0 Å². The lowest BCUT2D eigenvalue weighted by Gasteiger charge is -2.27.